The molecule has 0 bridgehead atoms. The van der Waals surface area contributed by atoms with E-state index in [0.29, 0.717) is 6.42 Å². The van der Waals surface area contributed by atoms with E-state index in [9.17, 15) is 44.1 Å². The monoisotopic (exact) mass is 575 g/mol. The summed E-state index contributed by atoms with van der Waals surface area (Å²) in [7, 11) is 4.88. The van der Waals surface area contributed by atoms with Crippen LogP contribution in [-0.4, -0.2) is 99.7 Å². The minimum Gasteiger partial charge on any atom is -0.507 e. The lowest BCUT2D eigenvalue weighted by Gasteiger charge is -2.32. The summed E-state index contributed by atoms with van der Waals surface area (Å²) >= 11 is 0. The number of amides is 1. The molecule has 0 radical (unpaired) electrons. The molecule has 1 aromatic rings. The van der Waals surface area contributed by atoms with Crippen molar-refractivity contribution in [3.63, 3.8) is 0 Å². The van der Waals surface area contributed by atoms with Crippen LogP contribution in [0, 0.1) is 0 Å². The van der Waals surface area contributed by atoms with Gasteiger partial charge >= 0.3 is 18.0 Å². The molecule has 2 rings (SSSR count). The third-order valence-electron chi connectivity index (χ3n) is 6.60. The quantitative estimate of drug-likeness (QED) is 0.158. The molecule has 0 fully saturated rings. The number of aliphatic hydroxyl groups excluding tert-OH is 1. The molecule has 0 aliphatic heterocycles. The maximum atomic E-state index is 13.7. The Morgan fingerprint density at radius 2 is 1.66 bits per heavy atom. The zero-order valence-corrected chi connectivity index (χ0v) is 23.2. The SMILES string of the molecule is CCCC(O)/C(=C/C1=C(C(=O)CC(CC(=O)O)OC(N)=O)C(=O)c2cccc(O)c2C1=O)CC(C(=O)O)[N+](C)(C)C. The van der Waals surface area contributed by atoms with Crippen LogP contribution in [0.15, 0.2) is 41.0 Å². The first-order chi connectivity index (χ1) is 19.0. The molecule has 0 aromatic heterocycles. The van der Waals surface area contributed by atoms with E-state index in [-0.39, 0.29) is 34.0 Å². The highest BCUT2D eigenvalue weighted by Gasteiger charge is 2.39. The number of phenols is 1. The maximum Gasteiger partial charge on any atom is 0.404 e. The molecular formula is C28H35N2O11+. The summed E-state index contributed by atoms with van der Waals surface area (Å²) in [5.74, 6) is -6.11. The second-order valence-corrected chi connectivity index (χ2v) is 10.6. The number of ether oxygens (including phenoxy) is 1. The minimum absolute atomic E-state index is 0.0584. The van der Waals surface area contributed by atoms with Gasteiger partial charge in [0.25, 0.3) is 0 Å². The van der Waals surface area contributed by atoms with Crippen molar-refractivity contribution in [2.75, 3.05) is 21.1 Å². The fourth-order valence-corrected chi connectivity index (χ4v) is 4.56. The molecule has 1 amide bonds. The summed E-state index contributed by atoms with van der Waals surface area (Å²) in [6.07, 6.45) is -4.33. The number of nitrogens with zero attached hydrogens (tertiary/aromatic N) is 1. The third kappa shape index (κ3) is 8.08. The standard InChI is InChI=1S/C28H34N2O11/c1-5-7-19(31)14(11-18(27(38)39)30(2,3)4)10-17-24(21(33)12-15(13-22(34)35)41-28(29)40)25(36)16-8-6-9-20(32)23(16)26(17)37/h6,8-10,15,18-19,31H,5,7,11-13H2,1-4H3,(H4-,29,32,34,35,37,38,39,40)/p+1/b14-10+. The van der Waals surface area contributed by atoms with Gasteiger partial charge in [-0.2, -0.15) is 0 Å². The lowest BCUT2D eigenvalue weighted by atomic mass is 9.79. The number of aliphatic hydroxyl groups is 1. The molecule has 1 aliphatic carbocycles. The van der Waals surface area contributed by atoms with Gasteiger partial charge in [0.15, 0.2) is 23.4 Å². The van der Waals surface area contributed by atoms with Crippen LogP contribution in [-0.2, 0) is 19.1 Å². The van der Waals surface area contributed by atoms with E-state index in [2.05, 4.69) is 0 Å². The van der Waals surface area contributed by atoms with Gasteiger partial charge < -0.3 is 35.4 Å². The predicted molar refractivity (Wildman–Crippen MR) is 143 cm³/mol. The van der Waals surface area contributed by atoms with Crippen LogP contribution >= 0.6 is 0 Å². The van der Waals surface area contributed by atoms with E-state index < -0.39 is 83.4 Å². The number of nitrogens with two attached hydrogens (primary N) is 1. The molecule has 0 saturated carbocycles. The van der Waals surface area contributed by atoms with Crippen molar-refractivity contribution in [3.05, 3.63) is 52.1 Å². The highest BCUT2D eigenvalue weighted by Crippen LogP contribution is 2.35. The number of carboxylic acids is 2. The maximum absolute atomic E-state index is 13.7. The van der Waals surface area contributed by atoms with Gasteiger partial charge in [-0.05, 0) is 24.1 Å². The fourth-order valence-electron chi connectivity index (χ4n) is 4.56. The van der Waals surface area contributed by atoms with Crippen molar-refractivity contribution in [1.82, 2.24) is 0 Å². The molecule has 222 valence electrons. The largest absolute Gasteiger partial charge is 0.507 e. The van der Waals surface area contributed by atoms with Crippen LogP contribution in [0.4, 0.5) is 4.79 Å². The van der Waals surface area contributed by atoms with Gasteiger partial charge in [-0.1, -0.05) is 25.5 Å². The van der Waals surface area contributed by atoms with Crippen LogP contribution in [0.3, 0.4) is 0 Å². The summed E-state index contributed by atoms with van der Waals surface area (Å²) < 4.78 is 4.67. The van der Waals surface area contributed by atoms with Gasteiger partial charge in [0, 0.05) is 24.0 Å². The molecule has 1 aromatic carbocycles. The Hall–Kier alpha value is -4.36. The van der Waals surface area contributed by atoms with Crippen molar-refractivity contribution in [1.29, 1.82) is 0 Å². The molecule has 0 saturated heterocycles. The summed E-state index contributed by atoms with van der Waals surface area (Å²) in [4.78, 5) is 75.4. The summed E-state index contributed by atoms with van der Waals surface area (Å²) in [6.45, 7) is 1.77. The second kappa shape index (κ2) is 13.3. The smallest absolute Gasteiger partial charge is 0.404 e. The number of hydrogen-bond acceptors (Lipinski definition) is 9. The minimum atomic E-state index is -1.57. The number of fused-ring (bicyclic) bond motifs is 1. The number of benzene rings is 1. The predicted octanol–water partition coefficient (Wildman–Crippen LogP) is 1.60. The van der Waals surface area contributed by atoms with Crippen molar-refractivity contribution in [2.45, 2.75) is 57.3 Å². The first kappa shape index (κ1) is 32.8. The van der Waals surface area contributed by atoms with Crippen LogP contribution < -0.4 is 5.73 Å². The number of Topliss-reactive ketones (excluding diaryl/α,β-unsaturated/α-hetero) is 3. The summed E-state index contributed by atoms with van der Waals surface area (Å²) in [6, 6.07) is 2.60. The van der Waals surface area contributed by atoms with Crippen LogP contribution in [0.1, 0.15) is 59.7 Å². The number of likely N-dealkylation sites (N-methyl/N-ethyl adjacent to an activating group) is 1. The van der Waals surface area contributed by atoms with E-state index in [1.807, 2.05) is 0 Å². The molecular weight excluding hydrogens is 540 g/mol. The molecule has 0 spiro atoms. The van der Waals surface area contributed by atoms with E-state index >= 15 is 0 Å². The number of rotatable bonds is 14. The number of carboxylic acid groups (broad SMARTS) is 2. The van der Waals surface area contributed by atoms with E-state index in [1.54, 1.807) is 28.1 Å². The van der Waals surface area contributed by atoms with E-state index in [1.165, 1.54) is 18.2 Å². The number of carbonyl (C=O) groups is 6. The van der Waals surface area contributed by atoms with Gasteiger partial charge in [-0.3, -0.25) is 19.2 Å². The number of allylic oxidation sites excluding steroid dienone is 3. The fraction of sp³-hybridized carbons (Fsp3) is 0.429. The number of aliphatic carboxylic acids is 2. The van der Waals surface area contributed by atoms with E-state index in [4.69, 9.17) is 15.6 Å². The zero-order valence-electron chi connectivity index (χ0n) is 23.2. The highest BCUT2D eigenvalue weighted by atomic mass is 16.6. The first-order valence-electron chi connectivity index (χ1n) is 12.8. The van der Waals surface area contributed by atoms with Gasteiger partial charge in [0.05, 0.1) is 44.8 Å². The Kier molecular flexibility index (Phi) is 10.7. The van der Waals surface area contributed by atoms with Crippen LogP contribution in [0.25, 0.3) is 0 Å². The number of aromatic hydroxyl groups is 1. The summed E-state index contributed by atoms with van der Waals surface area (Å²) in [5, 5.41) is 40.4. The van der Waals surface area contributed by atoms with Crippen molar-refractivity contribution >= 4 is 35.4 Å². The van der Waals surface area contributed by atoms with Crippen LogP contribution in [0.2, 0.25) is 0 Å². The van der Waals surface area contributed by atoms with Gasteiger partial charge in [0.2, 0.25) is 0 Å². The average molecular weight is 576 g/mol. The normalized spacial score (nSPS) is 16.1. The lowest BCUT2D eigenvalue weighted by Crippen LogP contribution is -2.50. The van der Waals surface area contributed by atoms with Gasteiger partial charge in [-0.25, -0.2) is 9.59 Å². The third-order valence-corrected chi connectivity index (χ3v) is 6.60. The molecule has 6 N–H and O–H groups in total. The van der Waals surface area contributed by atoms with Crippen molar-refractivity contribution in [2.24, 2.45) is 5.73 Å². The summed E-state index contributed by atoms with van der Waals surface area (Å²) in [5.41, 5.74) is 3.18. The van der Waals surface area contributed by atoms with Gasteiger partial charge in [-0.15, -0.1) is 0 Å². The average Bonchev–Trinajstić information content (AvgIpc) is 2.82. The Balaban J connectivity index is 2.82. The molecule has 13 nitrogen and oxygen atoms in total. The Bertz CT molecular complexity index is 1300. The van der Waals surface area contributed by atoms with E-state index in [0.717, 1.165) is 6.08 Å². The molecule has 41 heavy (non-hydrogen) atoms. The Morgan fingerprint density at radius 1 is 1.02 bits per heavy atom. The van der Waals surface area contributed by atoms with Crippen molar-refractivity contribution < 1.29 is 58.4 Å². The number of ketones is 3. The molecule has 3 atom stereocenters. The lowest BCUT2D eigenvalue weighted by molar-refractivity contribution is -0.887. The number of primary amides is 1. The topological polar surface area (TPSA) is 219 Å². The Labute approximate surface area is 236 Å². The van der Waals surface area contributed by atoms with Crippen molar-refractivity contribution in [3.8, 4) is 5.75 Å². The zero-order chi connectivity index (χ0) is 31.2. The molecule has 0 heterocycles. The number of hydrogen-bond donors (Lipinski definition) is 5. The number of carbonyl (C=O) groups excluding carboxylic acids is 4. The van der Waals surface area contributed by atoms with Gasteiger partial charge in [0.1, 0.15) is 11.9 Å². The highest BCUT2D eigenvalue weighted by molar-refractivity contribution is 6.38. The second-order valence-electron chi connectivity index (χ2n) is 10.6. The Morgan fingerprint density at radius 3 is 2.17 bits per heavy atom. The van der Waals surface area contributed by atoms with Crippen LogP contribution in [0.5, 0.6) is 5.75 Å². The molecule has 13 heteroatoms. The molecule has 1 aliphatic rings. The molecule has 3 unspecified atom stereocenters. The number of quaternary nitrogens is 1. The first-order valence-corrected chi connectivity index (χ1v) is 12.8. The number of phenolic OH excluding ortho intramolecular Hbond substituents is 1.